The van der Waals surface area contributed by atoms with Crippen molar-refractivity contribution in [2.75, 3.05) is 14.2 Å². The Balaban J connectivity index is 1.37. The number of aromatic nitrogens is 3. The minimum absolute atomic E-state index is 0.109. The normalized spacial score (nSPS) is 23.7. The van der Waals surface area contributed by atoms with Crippen LogP contribution in [-0.4, -0.2) is 46.8 Å². The van der Waals surface area contributed by atoms with Crippen molar-refractivity contribution in [3.05, 3.63) is 79.7 Å². The number of allylic oxidation sites excluding steroid dienone is 1. The number of esters is 2. The molecular formula is C28H26ClF2N5O4S. The number of nitrogens with one attached hydrogen (secondary N) is 1. The number of carbonyl (C=O) groups is 2. The largest absolute Gasteiger partial charge is 0.469 e. The zero-order valence-corrected chi connectivity index (χ0v) is 23.8. The fourth-order valence-corrected chi connectivity index (χ4v) is 6.61. The molecule has 13 heteroatoms. The first-order valence-corrected chi connectivity index (χ1v) is 14.4. The molecule has 0 spiro atoms. The van der Waals surface area contributed by atoms with Crippen LogP contribution in [0.5, 0.6) is 0 Å². The topological polar surface area (TPSA) is 108 Å². The third kappa shape index (κ3) is 4.93. The number of hydrogen-bond donors (Lipinski definition) is 1. The first-order chi connectivity index (χ1) is 19.8. The second-order valence-electron chi connectivity index (χ2n) is 10.3. The van der Waals surface area contributed by atoms with Gasteiger partial charge in [0.2, 0.25) is 0 Å². The van der Waals surface area contributed by atoms with Gasteiger partial charge < -0.3 is 14.8 Å². The van der Waals surface area contributed by atoms with Crippen LogP contribution in [0.4, 0.5) is 8.78 Å². The Kier molecular flexibility index (Phi) is 7.37. The third-order valence-electron chi connectivity index (χ3n) is 8.00. The number of methoxy groups -OCH3 is 2. The van der Waals surface area contributed by atoms with Gasteiger partial charge in [-0.2, -0.15) is 5.10 Å². The van der Waals surface area contributed by atoms with Gasteiger partial charge in [0.15, 0.2) is 22.5 Å². The Bertz CT molecular complexity index is 1580. The Hall–Kier alpha value is -3.64. The van der Waals surface area contributed by atoms with E-state index < -0.39 is 28.7 Å². The van der Waals surface area contributed by atoms with Crippen LogP contribution in [0.25, 0.3) is 0 Å². The van der Waals surface area contributed by atoms with E-state index in [1.807, 2.05) is 10.9 Å². The molecule has 41 heavy (non-hydrogen) atoms. The smallest absolute Gasteiger partial charge is 0.338 e. The molecule has 0 saturated heterocycles. The van der Waals surface area contributed by atoms with E-state index in [1.54, 1.807) is 11.6 Å². The highest BCUT2D eigenvalue weighted by Crippen LogP contribution is 2.43. The highest BCUT2D eigenvalue weighted by molar-refractivity contribution is 7.11. The predicted octanol–water partition coefficient (Wildman–Crippen LogP) is 4.72. The number of aryl methyl sites for hydroxylation is 1. The van der Waals surface area contributed by atoms with Gasteiger partial charge in [-0.3, -0.25) is 14.5 Å². The highest BCUT2D eigenvalue weighted by atomic mass is 35.5. The van der Waals surface area contributed by atoms with Crippen LogP contribution in [-0.2, 0) is 31.9 Å². The second-order valence-corrected chi connectivity index (χ2v) is 11.6. The molecule has 1 N–H and O–H groups in total. The highest BCUT2D eigenvalue weighted by Gasteiger charge is 2.40. The van der Waals surface area contributed by atoms with Gasteiger partial charge in [-0.15, -0.1) is 11.3 Å². The summed E-state index contributed by atoms with van der Waals surface area (Å²) in [5.41, 5.74) is 2.93. The summed E-state index contributed by atoms with van der Waals surface area (Å²) in [6, 6.07) is 1.39. The first-order valence-electron chi connectivity index (χ1n) is 13.1. The fraction of sp³-hybridized carbons (Fsp3) is 0.393. The lowest BCUT2D eigenvalue weighted by Gasteiger charge is -2.33. The lowest BCUT2D eigenvalue weighted by Crippen LogP contribution is -2.38. The molecule has 1 saturated carbocycles. The van der Waals surface area contributed by atoms with Crippen molar-refractivity contribution in [1.82, 2.24) is 20.1 Å². The van der Waals surface area contributed by atoms with Crippen LogP contribution in [0.2, 0.25) is 5.02 Å². The molecule has 3 aromatic rings. The van der Waals surface area contributed by atoms with Crippen molar-refractivity contribution < 1.29 is 27.8 Å². The van der Waals surface area contributed by atoms with Crippen LogP contribution in [0.3, 0.4) is 0 Å². The third-order valence-corrected chi connectivity index (χ3v) is 9.16. The average molecular weight is 602 g/mol. The van der Waals surface area contributed by atoms with Crippen molar-refractivity contribution in [2.45, 2.75) is 44.2 Å². The first kappa shape index (κ1) is 27.5. The Morgan fingerprint density at radius 3 is 2.71 bits per heavy atom. The minimum Gasteiger partial charge on any atom is -0.469 e. The number of hydrogen-bond acceptors (Lipinski definition) is 9. The summed E-state index contributed by atoms with van der Waals surface area (Å²) < 4.78 is 40.5. The van der Waals surface area contributed by atoms with Crippen LogP contribution >= 0.6 is 22.9 Å². The number of fused-ring (bicyclic) bond motifs is 1. The standard InChI is InChI=1S/C28H26ClF2N5O4S/c1-39-27(37)14-10-16(11-14)36-12-15-9-13(3-6-19(15)35-36)23-20(28(38)40-2)24(17-4-5-18(30)22(31)21(17)29)34-25(33-23)26-32-7-8-41-26/h4-5,7-8,12-14,16,24H,3,6,9-11H2,1-2H3,(H,33,34)/t13?,14-,16+,24?. The van der Waals surface area contributed by atoms with Crippen molar-refractivity contribution in [2.24, 2.45) is 16.8 Å². The molecule has 0 bridgehead atoms. The van der Waals surface area contributed by atoms with E-state index in [0.717, 1.165) is 17.3 Å². The molecule has 1 aromatic carbocycles. The van der Waals surface area contributed by atoms with Crippen LogP contribution < -0.4 is 5.32 Å². The van der Waals surface area contributed by atoms with Gasteiger partial charge in [0.1, 0.15) is 6.04 Å². The monoisotopic (exact) mass is 601 g/mol. The zero-order chi connectivity index (χ0) is 28.8. The summed E-state index contributed by atoms with van der Waals surface area (Å²) in [6.07, 6.45) is 6.93. The molecule has 3 heterocycles. The number of thiazole rings is 1. The molecule has 2 aromatic heterocycles. The Morgan fingerprint density at radius 2 is 2.00 bits per heavy atom. The number of amidine groups is 1. The molecule has 6 rings (SSSR count). The number of halogens is 3. The van der Waals surface area contributed by atoms with Crippen LogP contribution in [0.1, 0.15) is 53.2 Å². The average Bonchev–Trinajstić information content (AvgIpc) is 3.64. The van der Waals surface area contributed by atoms with Gasteiger partial charge >= 0.3 is 11.9 Å². The SMILES string of the molecule is COC(=O)C1=C(C2CCc3nn([C@H]4C[C@@H](C(=O)OC)C4)cc3C2)NC(c2nccs2)=NC1c1ccc(F)c(F)c1Cl. The minimum atomic E-state index is -1.21. The van der Waals surface area contributed by atoms with Crippen LogP contribution in [0.15, 0.2) is 46.2 Å². The number of aliphatic imine (C=N–C) groups is 1. The van der Waals surface area contributed by atoms with E-state index in [0.29, 0.717) is 48.6 Å². The maximum absolute atomic E-state index is 14.6. The van der Waals surface area contributed by atoms with E-state index in [9.17, 15) is 18.4 Å². The van der Waals surface area contributed by atoms with Gasteiger partial charge in [-0.25, -0.2) is 18.6 Å². The second kappa shape index (κ2) is 11.0. The van der Waals surface area contributed by atoms with Crippen molar-refractivity contribution >= 4 is 40.7 Å². The number of nitrogens with zero attached hydrogens (tertiary/aromatic N) is 4. The van der Waals surface area contributed by atoms with Crippen molar-refractivity contribution in [1.29, 1.82) is 0 Å². The van der Waals surface area contributed by atoms with E-state index in [4.69, 9.17) is 31.2 Å². The summed E-state index contributed by atoms with van der Waals surface area (Å²) in [5.74, 6) is -3.01. The van der Waals surface area contributed by atoms with Gasteiger partial charge in [0.05, 0.1) is 42.5 Å². The summed E-state index contributed by atoms with van der Waals surface area (Å²) in [6.45, 7) is 0. The molecule has 2 aliphatic carbocycles. The van der Waals surface area contributed by atoms with E-state index in [-0.39, 0.29) is 35.0 Å². The maximum atomic E-state index is 14.6. The lowest BCUT2D eigenvalue weighted by molar-refractivity contribution is -0.149. The molecule has 0 amide bonds. The van der Waals surface area contributed by atoms with Crippen LogP contribution in [0, 0.1) is 23.5 Å². The number of benzene rings is 1. The fourth-order valence-electron chi connectivity index (χ4n) is 5.77. The summed E-state index contributed by atoms with van der Waals surface area (Å²) >= 11 is 7.63. The van der Waals surface area contributed by atoms with Gasteiger partial charge in [0.25, 0.3) is 0 Å². The molecule has 2 unspecified atom stereocenters. The quantitative estimate of drug-likeness (QED) is 0.322. The summed E-state index contributed by atoms with van der Waals surface area (Å²) in [7, 11) is 2.66. The number of carbonyl (C=O) groups excluding carboxylic acids is 2. The summed E-state index contributed by atoms with van der Waals surface area (Å²) in [4.78, 5) is 34.2. The molecule has 3 aliphatic rings. The van der Waals surface area contributed by atoms with Crippen molar-refractivity contribution in [3.8, 4) is 0 Å². The van der Waals surface area contributed by atoms with E-state index in [1.165, 1.54) is 31.6 Å². The van der Waals surface area contributed by atoms with Crippen molar-refractivity contribution in [3.63, 3.8) is 0 Å². The molecule has 0 radical (unpaired) electrons. The Morgan fingerprint density at radius 1 is 1.20 bits per heavy atom. The summed E-state index contributed by atoms with van der Waals surface area (Å²) in [5, 5.41) is 10.1. The van der Waals surface area contributed by atoms with E-state index >= 15 is 0 Å². The number of ether oxygens (including phenoxy) is 2. The molecule has 1 fully saturated rings. The molecule has 214 valence electrons. The molecular weight excluding hydrogens is 576 g/mol. The molecule has 1 aliphatic heterocycles. The zero-order valence-electron chi connectivity index (χ0n) is 22.2. The van der Waals surface area contributed by atoms with E-state index in [2.05, 4.69) is 10.3 Å². The predicted molar refractivity (Wildman–Crippen MR) is 146 cm³/mol. The Labute approximate surface area is 243 Å². The van der Waals surface area contributed by atoms with Gasteiger partial charge in [-0.1, -0.05) is 17.7 Å². The maximum Gasteiger partial charge on any atom is 0.338 e. The lowest BCUT2D eigenvalue weighted by atomic mass is 9.80. The molecule has 2 atom stereocenters. The van der Waals surface area contributed by atoms with Gasteiger partial charge in [0, 0.05) is 35.0 Å². The van der Waals surface area contributed by atoms with Gasteiger partial charge in [-0.05, 0) is 43.7 Å². The molecule has 9 nitrogen and oxygen atoms in total. The number of rotatable bonds is 6.